The van der Waals surface area contributed by atoms with E-state index in [-0.39, 0.29) is 11.3 Å². The Labute approximate surface area is 171 Å². The fourth-order valence-corrected chi connectivity index (χ4v) is 3.66. The predicted molar refractivity (Wildman–Crippen MR) is 111 cm³/mol. The van der Waals surface area contributed by atoms with Crippen LogP contribution in [0.15, 0.2) is 46.4 Å². The molecule has 6 nitrogen and oxygen atoms in total. The molecule has 2 aromatic rings. The van der Waals surface area contributed by atoms with Crippen molar-refractivity contribution >= 4 is 17.4 Å². The van der Waals surface area contributed by atoms with Crippen molar-refractivity contribution in [2.24, 2.45) is 0 Å². The number of Topliss-reactive ketones (excluding diaryl/α,β-unsaturated/α-hetero) is 1. The van der Waals surface area contributed by atoms with Gasteiger partial charge < -0.3 is 19.3 Å². The number of benzene rings is 1. The van der Waals surface area contributed by atoms with E-state index in [4.69, 9.17) is 4.42 Å². The summed E-state index contributed by atoms with van der Waals surface area (Å²) in [7, 11) is 0. The normalized spacial score (nSPS) is 18.8. The number of likely N-dealkylation sites (tertiary alicyclic amines) is 1. The highest BCUT2D eigenvalue weighted by Crippen LogP contribution is 2.39. The first kappa shape index (κ1) is 20.9. The van der Waals surface area contributed by atoms with Gasteiger partial charge in [0.25, 0.3) is 11.7 Å². The summed E-state index contributed by atoms with van der Waals surface area (Å²) < 4.78 is 5.78. The van der Waals surface area contributed by atoms with Gasteiger partial charge in [0.15, 0.2) is 0 Å². The summed E-state index contributed by atoms with van der Waals surface area (Å²) in [5.74, 6) is -0.293. The van der Waals surface area contributed by atoms with Gasteiger partial charge in [0.2, 0.25) is 0 Å². The molecule has 1 saturated heterocycles. The lowest BCUT2D eigenvalue weighted by Crippen LogP contribution is -2.37. The van der Waals surface area contributed by atoms with Crippen molar-refractivity contribution in [1.82, 2.24) is 9.80 Å². The summed E-state index contributed by atoms with van der Waals surface area (Å²) in [4.78, 5) is 29.5. The molecule has 1 aliphatic rings. The van der Waals surface area contributed by atoms with Gasteiger partial charge >= 0.3 is 0 Å². The molecule has 0 spiro atoms. The van der Waals surface area contributed by atoms with Crippen LogP contribution in [0.2, 0.25) is 0 Å². The van der Waals surface area contributed by atoms with Crippen LogP contribution in [0.1, 0.15) is 42.5 Å². The molecule has 0 aliphatic carbocycles. The van der Waals surface area contributed by atoms with Crippen LogP contribution in [-0.4, -0.2) is 52.8 Å². The number of aliphatic hydroxyl groups excluding tert-OH is 1. The lowest BCUT2D eigenvalue weighted by atomic mass is 9.99. The van der Waals surface area contributed by atoms with Crippen LogP contribution in [0, 0.1) is 13.8 Å². The Balaban J connectivity index is 2.06. The molecule has 1 aromatic heterocycles. The van der Waals surface area contributed by atoms with E-state index in [9.17, 15) is 14.7 Å². The first-order valence-corrected chi connectivity index (χ1v) is 10.0. The van der Waals surface area contributed by atoms with Gasteiger partial charge in [-0.05, 0) is 39.1 Å². The van der Waals surface area contributed by atoms with Crippen molar-refractivity contribution in [2.45, 2.75) is 33.7 Å². The van der Waals surface area contributed by atoms with Gasteiger partial charge in [-0.2, -0.15) is 0 Å². The van der Waals surface area contributed by atoms with Crippen LogP contribution in [0.5, 0.6) is 0 Å². The molecule has 0 unspecified atom stereocenters. The molecule has 1 aromatic carbocycles. The van der Waals surface area contributed by atoms with E-state index in [1.54, 1.807) is 24.3 Å². The highest BCUT2D eigenvalue weighted by Gasteiger charge is 2.47. The minimum Gasteiger partial charge on any atom is -0.507 e. The van der Waals surface area contributed by atoms with Crippen molar-refractivity contribution in [3.8, 4) is 0 Å². The van der Waals surface area contributed by atoms with Crippen molar-refractivity contribution in [2.75, 3.05) is 26.2 Å². The maximum absolute atomic E-state index is 12.9. The standard InChI is InChI=1S/C23H28N2O4/c1-5-24(6-2)13-14-25-20(18-12-9-16(4)29-18)19(22(27)23(25)28)21(26)17-10-7-15(3)8-11-17/h7-12,20,26H,5-6,13-14H2,1-4H3/t20-/m0/s1. The third-order valence-corrected chi connectivity index (χ3v) is 5.45. The van der Waals surface area contributed by atoms with Gasteiger partial charge in [0, 0.05) is 18.7 Å². The highest BCUT2D eigenvalue weighted by molar-refractivity contribution is 6.46. The van der Waals surface area contributed by atoms with Gasteiger partial charge in [0.1, 0.15) is 23.3 Å². The highest BCUT2D eigenvalue weighted by atomic mass is 16.3. The number of rotatable bonds is 7. The van der Waals surface area contributed by atoms with E-state index in [0.29, 0.717) is 30.2 Å². The average Bonchev–Trinajstić information content (AvgIpc) is 3.24. The molecule has 3 rings (SSSR count). The van der Waals surface area contributed by atoms with Crippen LogP contribution in [0.3, 0.4) is 0 Å². The Morgan fingerprint density at radius 3 is 2.28 bits per heavy atom. The second kappa shape index (κ2) is 8.66. The van der Waals surface area contributed by atoms with E-state index in [0.717, 1.165) is 18.7 Å². The van der Waals surface area contributed by atoms with Crippen LogP contribution in [0.25, 0.3) is 5.76 Å². The molecule has 29 heavy (non-hydrogen) atoms. The number of carbonyl (C=O) groups excluding carboxylic acids is 2. The molecule has 0 bridgehead atoms. The zero-order chi connectivity index (χ0) is 21.1. The number of aryl methyl sites for hydroxylation is 2. The van der Waals surface area contributed by atoms with Gasteiger partial charge in [-0.3, -0.25) is 9.59 Å². The maximum Gasteiger partial charge on any atom is 0.295 e. The summed E-state index contributed by atoms with van der Waals surface area (Å²) in [6, 6.07) is 10.0. The largest absolute Gasteiger partial charge is 0.507 e. The molecule has 2 heterocycles. The fraction of sp³-hybridized carbons (Fsp3) is 0.391. The second-order valence-electron chi connectivity index (χ2n) is 7.33. The summed E-state index contributed by atoms with van der Waals surface area (Å²) >= 11 is 0. The minimum absolute atomic E-state index is 0.0766. The first-order chi connectivity index (χ1) is 13.9. The first-order valence-electron chi connectivity index (χ1n) is 10.0. The zero-order valence-corrected chi connectivity index (χ0v) is 17.4. The molecule has 1 atom stereocenters. The van der Waals surface area contributed by atoms with Crippen LogP contribution < -0.4 is 0 Å². The van der Waals surface area contributed by atoms with E-state index in [2.05, 4.69) is 18.7 Å². The lowest BCUT2D eigenvalue weighted by molar-refractivity contribution is -0.140. The molecule has 6 heteroatoms. The topological polar surface area (TPSA) is 74.0 Å². The Morgan fingerprint density at radius 1 is 1.07 bits per heavy atom. The number of ketones is 1. The van der Waals surface area contributed by atoms with Crippen LogP contribution >= 0.6 is 0 Å². The fourth-order valence-electron chi connectivity index (χ4n) is 3.66. The summed E-state index contributed by atoms with van der Waals surface area (Å²) in [5.41, 5.74) is 1.62. The van der Waals surface area contributed by atoms with Crippen LogP contribution in [0.4, 0.5) is 0 Å². The Morgan fingerprint density at radius 2 is 1.72 bits per heavy atom. The molecule has 1 N–H and O–H groups in total. The monoisotopic (exact) mass is 396 g/mol. The van der Waals surface area contributed by atoms with Gasteiger partial charge in [-0.25, -0.2) is 0 Å². The van der Waals surface area contributed by atoms with Crippen molar-refractivity contribution < 1.29 is 19.1 Å². The average molecular weight is 396 g/mol. The molecular formula is C23H28N2O4. The molecule has 1 aliphatic heterocycles. The van der Waals surface area contributed by atoms with Gasteiger partial charge in [-0.1, -0.05) is 43.7 Å². The van der Waals surface area contributed by atoms with Crippen molar-refractivity contribution in [1.29, 1.82) is 0 Å². The third kappa shape index (κ3) is 4.12. The number of furan rings is 1. The van der Waals surface area contributed by atoms with Crippen molar-refractivity contribution in [3.05, 3.63) is 64.6 Å². The van der Waals surface area contributed by atoms with Crippen molar-refractivity contribution in [3.63, 3.8) is 0 Å². The Hall–Kier alpha value is -2.86. The lowest BCUT2D eigenvalue weighted by Gasteiger charge is -2.26. The SMILES string of the molecule is CCN(CC)CCN1C(=O)C(=O)C(=C(O)c2ccc(C)cc2)[C@@H]1c1ccc(C)o1. The third-order valence-electron chi connectivity index (χ3n) is 5.45. The number of aliphatic hydroxyl groups is 1. The van der Waals surface area contributed by atoms with E-state index >= 15 is 0 Å². The summed E-state index contributed by atoms with van der Waals surface area (Å²) in [5, 5.41) is 11.0. The van der Waals surface area contributed by atoms with E-state index in [1.807, 2.05) is 26.0 Å². The molecule has 1 amide bonds. The molecule has 154 valence electrons. The summed E-state index contributed by atoms with van der Waals surface area (Å²) in [6.07, 6.45) is 0. The number of nitrogens with zero attached hydrogens (tertiary/aromatic N) is 2. The number of likely N-dealkylation sites (N-methyl/N-ethyl adjacent to an activating group) is 1. The quantitative estimate of drug-likeness (QED) is 0.439. The zero-order valence-electron chi connectivity index (χ0n) is 17.4. The molecule has 1 fully saturated rings. The molecular weight excluding hydrogens is 368 g/mol. The number of hydrogen-bond donors (Lipinski definition) is 1. The Kier molecular flexibility index (Phi) is 6.23. The maximum atomic E-state index is 12.9. The number of carbonyl (C=O) groups is 2. The molecule has 0 saturated carbocycles. The smallest absolute Gasteiger partial charge is 0.295 e. The van der Waals surface area contributed by atoms with Crippen LogP contribution in [-0.2, 0) is 9.59 Å². The number of hydrogen-bond acceptors (Lipinski definition) is 5. The molecule has 0 radical (unpaired) electrons. The van der Waals surface area contributed by atoms with E-state index in [1.165, 1.54) is 4.90 Å². The van der Waals surface area contributed by atoms with Gasteiger partial charge in [-0.15, -0.1) is 0 Å². The van der Waals surface area contributed by atoms with E-state index < -0.39 is 17.7 Å². The predicted octanol–water partition coefficient (Wildman–Crippen LogP) is 3.66. The minimum atomic E-state index is -0.736. The number of amides is 1. The summed E-state index contributed by atoms with van der Waals surface area (Å²) in [6.45, 7) is 10.6. The Bertz CT molecular complexity index is 923. The van der Waals surface area contributed by atoms with Gasteiger partial charge in [0.05, 0.1) is 5.57 Å². The second-order valence-corrected chi connectivity index (χ2v) is 7.33.